The molecular weight excluding hydrogens is 248 g/mol. The van der Waals surface area contributed by atoms with E-state index in [0.29, 0.717) is 5.02 Å². The molecule has 0 fully saturated rings. The van der Waals surface area contributed by atoms with Crippen LogP contribution >= 0.6 is 11.6 Å². The molecule has 1 rings (SSSR count). The van der Waals surface area contributed by atoms with Gasteiger partial charge < -0.3 is 15.5 Å². The quantitative estimate of drug-likeness (QED) is 0.705. The lowest BCUT2D eigenvalue weighted by Crippen LogP contribution is -2.30. The normalized spacial score (nSPS) is 11.9. The monoisotopic (exact) mass is 258 g/mol. The molecule has 92 valence electrons. The molecule has 0 aliphatic heterocycles. The maximum Gasteiger partial charge on any atom is 0.332 e. The number of hydrogen-bond acceptors (Lipinski definition) is 4. The molecule has 0 aliphatic rings. The molecule has 0 bridgehead atoms. The van der Waals surface area contributed by atoms with Gasteiger partial charge in [0.25, 0.3) is 5.91 Å². The van der Waals surface area contributed by atoms with Crippen LogP contribution in [0, 0.1) is 0 Å². The summed E-state index contributed by atoms with van der Waals surface area (Å²) in [5, 5.41) is 20.2. The summed E-state index contributed by atoms with van der Waals surface area (Å²) in [6.45, 7) is 0.0522. The number of carbonyl (C=O) groups excluding carboxylic acids is 1. The zero-order valence-corrected chi connectivity index (χ0v) is 9.52. The summed E-state index contributed by atoms with van der Waals surface area (Å²) in [5.74, 6) is -1.76. The molecule has 1 amide bonds. The third-order valence-corrected chi connectivity index (χ3v) is 2.17. The largest absolute Gasteiger partial charge is 0.479 e. The number of carbonyl (C=O) groups is 2. The number of nitrogens with zero attached hydrogens (tertiary/aromatic N) is 1. The topological polar surface area (TPSA) is 99.5 Å². The molecule has 17 heavy (non-hydrogen) atoms. The smallest absolute Gasteiger partial charge is 0.332 e. The minimum absolute atomic E-state index is 0.0522. The fourth-order valence-electron chi connectivity index (χ4n) is 1.05. The second-order valence-electron chi connectivity index (χ2n) is 3.26. The van der Waals surface area contributed by atoms with Crippen LogP contribution < -0.4 is 5.32 Å². The average molecular weight is 259 g/mol. The van der Waals surface area contributed by atoms with Crippen molar-refractivity contribution in [3.8, 4) is 0 Å². The van der Waals surface area contributed by atoms with Crippen LogP contribution in [-0.4, -0.2) is 39.7 Å². The van der Waals surface area contributed by atoms with Crippen molar-refractivity contribution in [1.29, 1.82) is 0 Å². The van der Waals surface area contributed by atoms with E-state index in [1.165, 1.54) is 18.3 Å². The first-order valence-electron chi connectivity index (χ1n) is 4.81. The van der Waals surface area contributed by atoms with Crippen molar-refractivity contribution < 1.29 is 19.8 Å². The second-order valence-corrected chi connectivity index (χ2v) is 3.70. The van der Waals surface area contributed by atoms with E-state index in [0.717, 1.165) is 0 Å². The number of pyridine rings is 1. The Morgan fingerprint density at radius 1 is 1.47 bits per heavy atom. The van der Waals surface area contributed by atoms with Gasteiger partial charge in [-0.15, -0.1) is 0 Å². The van der Waals surface area contributed by atoms with Gasteiger partial charge in [-0.2, -0.15) is 0 Å². The van der Waals surface area contributed by atoms with E-state index in [9.17, 15) is 9.59 Å². The van der Waals surface area contributed by atoms with Crippen LogP contribution in [0.15, 0.2) is 18.3 Å². The molecule has 1 aromatic heterocycles. The molecule has 6 nitrogen and oxygen atoms in total. The van der Waals surface area contributed by atoms with E-state index in [1.807, 2.05) is 0 Å². The molecule has 3 N–H and O–H groups in total. The molecule has 1 heterocycles. The summed E-state index contributed by atoms with van der Waals surface area (Å²) in [6.07, 6.45) is -0.203. The van der Waals surface area contributed by atoms with Crippen LogP contribution in [0.5, 0.6) is 0 Å². The number of carboxylic acid groups (broad SMARTS) is 1. The minimum atomic E-state index is -1.48. The third kappa shape index (κ3) is 4.38. The summed E-state index contributed by atoms with van der Waals surface area (Å²) in [6, 6.07) is 2.97. The first kappa shape index (κ1) is 13.4. The number of nitrogens with one attached hydrogen (secondary N) is 1. The molecular formula is C10H11ClN2O4. The van der Waals surface area contributed by atoms with Crippen LogP contribution in [0.2, 0.25) is 5.02 Å². The average Bonchev–Trinajstić information content (AvgIpc) is 2.29. The number of aliphatic hydroxyl groups excluding tert-OH is 1. The molecule has 0 aliphatic carbocycles. The highest BCUT2D eigenvalue weighted by atomic mass is 35.5. The standard InChI is InChI=1S/C10H11ClN2O4/c11-6-1-2-7(13-5-6)9(15)12-4-3-8(14)10(16)17/h1-2,5,8,14H,3-4H2,(H,12,15)(H,16,17)/t8-/m0/s1. The molecule has 0 saturated carbocycles. The maximum atomic E-state index is 11.5. The Morgan fingerprint density at radius 3 is 2.71 bits per heavy atom. The molecule has 0 radical (unpaired) electrons. The molecule has 0 unspecified atom stereocenters. The summed E-state index contributed by atoms with van der Waals surface area (Å²) in [7, 11) is 0. The Hall–Kier alpha value is -1.66. The van der Waals surface area contributed by atoms with Gasteiger partial charge in [0.2, 0.25) is 0 Å². The molecule has 7 heteroatoms. The Kier molecular flexibility index (Phi) is 4.86. The van der Waals surface area contributed by atoms with Crippen LogP contribution in [0.4, 0.5) is 0 Å². The Balaban J connectivity index is 2.40. The summed E-state index contributed by atoms with van der Waals surface area (Å²) in [4.78, 5) is 25.5. The van der Waals surface area contributed by atoms with Gasteiger partial charge in [0.15, 0.2) is 6.10 Å². The number of aliphatic hydroxyl groups is 1. The Labute approximate surface area is 102 Å². The van der Waals surface area contributed by atoms with E-state index >= 15 is 0 Å². The van der Waals surface area contributed by atoms with Gasteiger partial charge >= 0.3 is 5.97 Å². The van der Waals surface area contributed by atoms with Gasteiger partial charge in [-0.1, -0.05) is 11.6 Å². The lowest BCUT2D eigenvalue weighted by atomic mass is 10.2. The molecule has 0 spiro atoms. The molecule has 1 atom stereocenters. The zero-order chi connectivity index (χ0) is 12.8. The van der Waals surface area contributed by atoms with E-state index in [1.54, 1.807) is 0 Å². The number of carboxylic acids is 1. The van der Waals surface area contributed by atoms with Crippen molar-refractivity contribution in [1.82, 2.24) is 10.3 Å². The first-order chi connectivity index (χ1) is 8.00. The third-order valence-electron chi connectivity index (χ3n) is 1.95. The molecule has 0 aromatic carbocycles. The molecule has 0 saturated heterocycles. The second kappa shape index (κ2) is 6.17. The summed E-state index contributed by atoms with van der Waals surface area (Å²) < 4.78 is 0. The van der Waals surface area contributed by atoms with Crippen molar-refractivity contribution in [3.05, 3.63) is 29.0 Å². The van der Waals surface area contributed by atoms with Gasteiger partial charge in [0.1, 0.15) is 5.69 Å². The number of halogens is 1. The van der Waals surface area contributed by atoms with Crippen molar-refractivity contribution in [2.45, 2.75) is 12.5 Å². The predicted octanol–water partition coefficient (Wildman–Crippen LogP) is 0.300. The first-order valence-corrected chi connectivity index (χ1v) is 5.19. The van der Waals surface area contributed by atoms with Gasteiger partial charge in [-0.25, -0.2) is 9.78 Å². The summed E-state index contributed by atoms with van der Waals surface area (Å²) >= 11 is 5.60. The minimum Gasteiger partial charge on any atom is -0.479 e. The SMILES string of the molecule is O=C(NCC[C@H](O)C(=O)O)c1ccc(Cl)cn1. The predicted molar refractivity (Wildman–Crippen MR) is 59.8 cm³/mol. The number of rotatable bonds is 5. The summed E-state index contributed by atoms with van der Waals surface area (Å²) in [5.41, 5.74) is 0.180. The molecule has 1 aromatic rings. The van der Waals surface area contributed by atoms with Crippen molar-refractivity contribution in [2.24, 2.45) is 0 Å². The Morgan fingerprint density at radius 2 is 2.18 bits per heavy atom. The van der Waals surface area contributed by atoms with Crippen LogP contribution in [0.3, 0.4) is 0 Å². The van der Waals surface area contributed by atoms with Gasteiger partial charge in [-0.05, 0) is 12.1 Å². The van der Waals surface area contributed by atoms with Crippen LogP contribution in [0.25, 0.3) is 0 Å². The Bertz CT molecular complexity index is 407. The van der Waals surface area contributed by atoms with Crippen molar-refractivity contribution >= 4 is 23.5 Å². The van der Waals surface area contributed by atoms with Crippen molar-refractivity contribution in [2.75, 3.05) is 6.54 Å². The van der Waals surface area contributed by atoms with E-state index in [-0.39, 0.29) is 18.7 Å². The van der Waals surface area contributed by atoms with Crippen molar-refractivity contribution in [3.63, 3.8) is 0 Å². The van der Waals surface area contributed by atoms with E-state index in [2.05, 4.69) is 10.3 Å². The number of aliphatic carboxylic acids is 1. The van der Waals surface area contributed by atoms with Crippen LogP contribution in [-0.2, 0) is 4.79 Å². The lowest BCUT2D eigenvalue weighted by Gasteiger charge is -2.06. The highest BCUT2D eigenvalue weighted by molar-refractivity contribution is 6.30. The number of amides is 1. The highest BCUT2D eigenvalue weighted by Gasteiger charge is 2.13. The fourth-order valence-corrected chi connectivity index (χ4v) is 1.16. The lowest BCUT2D eigenvalue weighted by molar-refractivity contribution is -0.146. The highest BCUT2D eigenvalue weighted by Crippen LogP contribution is 2.05. The van der Waals surface area contributed by atoms with E-state index < -0.39 is 18.0 Å². The number of hydrogen-bond donors (Lipinski definition) is 3. The maximum absolute atomic E-state index is 11.5. The van der Waals surface area contributed by atoms with E-state index in [4.69, 9.17) is 21.8 Å². The van der Waals surface area contributed by atoms with Gasteiger partial charge in [-0.3, -0.25) is 4.79 Å². The fraction of sp³-hybridized carbons (Fsp3) is 0.300. The van der Waals surface area contributed by atoms with Crippen LogP contribution in [0.1, 0.15) is 16.9 Å². The number of aromatic nitrogens is 1. The van der Waals surface area contributed by atoms with Gasteiger partial charge in [0.05, 0.1) is 5.02 Å². The van der Waals surface area contributed by atoms with Gasteiger partial charge in [0, 0.05) is 19.2 Å². The zero-order valence-electron chi connectivity index (χ0n) is 8.76.